The van der Waals surface area contributed by atoms with Crippen molar-refractivity contribution in [2.24, 2.45) is 23.7 Å². The Morgan fingerprint density at radius 2 is 1.65 bits per heavy atom. The van der Waals surface area contributed by atoms with Crippen LogP contribution in [0.3, 0.4) is 0 Å². The van der Waals surface area contributed by atoms with Gasteiger partial charge in [-0.3, -0.25) is 14.4 Å². The van der Waals surface area contributed by atoms with Gasteiger partial charge in [0.15, 0.2) is 0 Å². The number of fused-ring (bicyclic) bond motifs is 2. The van der Waals surface area contributed by atoms with Gasteiger partial charge in [0.05, 0.1) is 11.8 Å². The zero-order chi connectivity index (χ0) is 16.6. The van der Waals surface area contributed by atoms with Crippen LogP contribution in [0.4, 0.5) is 11.4 Å². The third-order valence-corrected chi connectivity index (χ3v) is 4.50. The maximum atomic E-state index is 12.6. The van der Waals surface area contributed by atoms with Crippen molar-refractivity contribution < 1.29 is 19.5 Å². The molecular weight excluding hydrogens is 296 g/mol. The van der Waals surface area contributed by atoms with Gasteiger partial charge in [0.1, 0.15) is 0 Å². The molecule has 3 rings (SSSR count). The lowest BCUT2D eigenvalue weighted by molar-refractivity contribution is -0.146. The van der Waals surface area contributed by atoms with Crippen LogP contribution in [0.1, 0.15) is 13.3 Å². The Bertz CT molecular complexity index is 698. The lowest BCUT2D eigenvalue weighted by atomic mass is 9.82. The van der Waals surface area contributed by atoms with E-state index in [4.69, 9.17) is 0 Å². The van der Waals surface area contributed by atoms with Gasteiger partial charge in [0.2, 0.25) is 11.8 Å². The number of amides is 2. The van der Waals surface area contributed by atoms with Crippen molar-refractivity contribution in [3.63, 3.8) is 0 Å². The molecule has 6 nitrogen and oxygen atoms in total. The number of carbonyl (C=O) groups is 3. The third kappa shape index (κ3) is 2.97. The van der Waals surface area contributed by atoms with E-state index in [2.05, 4.69) is 10.6 Å². The minimum absolute atomic E-state index is 0.0142. The topological polar surface area (TPSA) is 95.5 Å². The van der Waals surface area contributed by atoms with Crippen molar-refractivity contribution in [3.05, 3.63) is 36.4 Å². The number of nitrogens with one attached hydrogen (secondary N) is 2. The number of rotatable bonds is 4. The molecule has 0 aliphatic heterocycles. The molecular formula is C17H18N2O4. The molecule has 1 saturated carbocycles. The fourth-order valence-electron chi connectivity index (χ4n) is 3.62. The average molecular weight is 314 g/mol. The molecule has 2 aliphatic carbocycles. The monoisotopic (exact) mass is 314 g/mol. The normalized spacial score (nSPS) is 27.7. The molecule has 0 aromatic heterocycles. The molecule has 0 saturated heterocycles. The number of allylic oxidation sites excluding steroid dienone is 2. The summed E-state index contributed by atoms with van der Waals surface area (Å²) >= 11 is 0. The minimum Gasteiger partial charge on any atom is -0.481 e. The summed E-state index contributed by atoms with van der Waals surface area (Å²) in [5.41, 5.74) is 1.12. The number of carboxylic acid groups (broad SMARTS) is 1. The summed E-state index contributed by atoms with van der Waals surface area (Å²) in [4.78, 5) is 35.1. The van der Waals surface area contributed by atoms with Crippen molar-refractivity contribution in [3.8, 4) is 0 Å². The van der Waals surface area contributed by atoms with Crippen molar-refractivity contribution in [1.29, 1.82) is 0 Å². The molecule has 2 bridgehead atoms. The van der Waals surface area contributed by atoms with Crippen LogP contribution in [-0.4, -0.2) is 22.9 Å². The fraction of sp³-hybridized carbons (Fsp3) is 0.353. The lowest BCUT2D eigenvalue weighted by Crippen LogP contribution is -2.36. The largest absolute Gasteiger partial charge is 0.481 e. The van der Waals surface area contributed by atoms with E-state index in [9.17, 15) is 19.5 Å². The number of hydrogen-bond acceptors (Lipinski definition) is 3. The zero-order valence-corrected chi connectivity index (χ0v) is 12.7. The van der Waals surface area contributed by atoms with Crippen molar-refractivity contribution in [2.75, 3.05) is 10.6 Å². The Labute approximate surface area is 133 Å². The summed E-state index contributed by atoms with van der Waals surface area (Å²) in [5, 5.41) is 14.8. The van der Waals surface area contributed by atoms with Crippen LogP contribution in [0.2, 0.25) is 0 Å². The fourth-order valence-corrected chi connectivity index (χ4v) is 3.62. The molecule has 1 aromatic carbocycles. The van der Waals surface area contributed by atoms with Crippen molar-refractivity contribution >= 4 is 29.2 Å². The van der Waals surface area contributed by atoms with Gasteiger partial charge in [-0.2, -0.15) is 0 Å². The first kappa shape index (κ1) is 15.3. The van der Waals surface area contributed by atoms with E-state index >= 15 is 0 Å². The van der Waals surface area contributed by atoms with Gasteiger partial charge in [-0.25, -0.2) is 0 Å². The molecule has 0 radical (unpaired) electrons. The average Bonchev–Trinajstić information content (AvgIpc) is 3.07. The number of anilines is 2. The highest BCUT2D eigenvalue weighted by atomic mass is 16.4. The van der Waals surface area contributed by atoms with E-state index in [0.717, 1.165) is 6.42 Å². The standard InChI is InChI=1S/C17H18N2O4/c1-9(20)18-12-3-2-4-13(8-12)19-16(21)14-10-5-6-11(7-10)15(14)17(22)23/h2-6,8,10-11,14-15H,7H2,1H3,(H,18,20)(H,19,21)(H,22,23)/t10-,11-,14+,15+/m0/s1. The second-order valence-corrected chi connectivity index (χ2v) is 6.09. The van der Waals surface area contributed by atoms with Crippen LogP contribution in [0.15, 0.2) is 36.4 Å². The number of aliphatic carboxylic acids is 1. The Balaban J connectivity index is 1.75. The van der Waals surface area contributed by atoms with Crippen LogP contribution in [0.5, 0.6) is 0 Å². The van der Waals surface area contributed by atoms with E-state index in [0.29, 0.717) is 11.4 Å². The number of benzene rings is 1. The maximum absolute atomic E-state index is 12.6. The van der Waals surface area contributed by atoms with Gasteiger partial charge in [0, 0.05) is 18.3 Å². The number of hydrogen-bond donors (Lipinski definition) is 3. The van der Waals surface area contributed by atoms with Gasteiger partial charge >= 0.3 is 5.97 Å². The van der Waals surface area contributed by atoms with E-state index in [1.807, 2.05) is 12.2 Å². The smallest absolute Gasteiger partial charge is 0.307 e. The summed E-state index contributed by atoms with van der Waals surface area (Å²) in [6.07, 6.45) is 4.58. The van der Waals surface area contributed by atoms with Gasteiger partial charge < -0.3 is 15.7 Å². The second-order valence-electron chi connectivity index (χ2n) is 6.09. The molecule has 0 unspecified atom stereocenters. The van der Waals surface area contributed by atoms with Gasteiger partial charge in [0.25, 0.3) is 0 Å². The molecule has 23 heavy (non-hydrogen) atoms. The highest BCUT2D eigenvalue weighted by Crippen LogP contribution is 2.48. The number of carbonyl (C=O) groups excluding carboxylic acids is 2. The Morgan fingerprint density at radius 3 is 2.26 bits per heavy atom. The molecule has 1 fully saturated rings. The maximum Gasteiger partial charge on any atom is 0.307 e. The molecule has 6 heteroatoms. The van der Waals surface area contributed by atoms with E-state index < -0.39 is 17.8 Å². The van der Waals surface area contributed by atoms with E-state index in [-0.39, 0.29) is 23.7 Å². The van der Waals surface area contributed by atoms with Crippen LogP contribution >= 0.6 is 0 Å². The van der Waals surface area contributed by atoms with Crippen LogP contribution in [-0.2, 0) is 14.4 Å². The Kier molecular flexibility index (Phi) is 3.90. The summed E-state index contributed by atoms with van der Waals surface area (Å²) in [5.74, 6) is -2.69. The van der Waals surface area contributed by atoms with Crippen molar-refractivity contribution in [2.45, 2.75) is 13.3 Å². The first-order valence-corrected chi connectivity index (χ1v) is 7.55. The van der Waals surface area contributed by atoms with Crippen LogP contribution in [0, 0.1) is 23.7 Å². The molecule has 2 aliphatic rings. The van der Waals surface area contributed by atoms with E-state index in [1.165, 1.54) is 6.92 Å². The van der Waals surface area contributed by atoms with Gasteiger partial charge in [-0.1, -0.05) is 18.2 Å². The predicted molar refractivity (Wildman–Crippen MR) is 84.7 cm³/mol. The molecule has 2 amide bonds. The van der Waals surface area contributed by atoms with Gasteiger partial charge in [-0.05, 0) is 36.5 Å². The van der Waals surface area contributed by atoms with Crippen LogP contribution < -0.4 is 10.6 Å². The Hall–Kier alpha value is -2.63. The Morgan fingerprint density at radius 1 is 1.04 bits per heavy atom. The lowest BCUT2D eigenvalue weighted by Gasteiger charge is -2.24. The number of carboxylic acids is 1. The molecule has 0 heterocycles. The summed E-state index contributed by atoms with van der Waals surface area (Å²) in [7, 11) is 0. The van der Waals surface area contributed by atoms with Gasteiger partial charge in [-0.15, -0.1) is 0 Å². The molecule has 1 aromatic rings. The quantitative estimate of drug-likeness (QED) is 0.742. The molecule has 0 spiro atoms. The SMILES string of the molecule is CC(=O)Nc1cccc(NC(=O)[C@H]2[C@H](C(=O)O)[C@H]3C=C[C@H]2C3)c1. The molecule has 120 valence electrons. The second kappa shape index (κ2) is 5.87. The highest BCUT2D eigenvalue weighted by molar-refractivity contribution is 5.97. The minimum atomic E-state index is -0.922. The van der Waals surface area contributed by atoms with Crippen LogP contribution in [0.25, 0.3) is 0 Å². The van der Waals surface area contributed by atoms with E-state index in [1.54, 1.807) is 24.3 Å². The molecule has 3 N–H and O–H groups in total. The summed E-state index contributed by atoms with van der Waals surface area (Å²) in [6.45, 7) is 1.41. The predicted octanol–water partition coefficient (Wildman–Crippen LogP) is 2.11. The van der Waals surface area contributed by atoms with Crippen molar-refractivity contribution in [1.82, 2.24) is 0 Å². The third-order valence-electron chi connectivity index (χ3n) is 4.50. The summed E-state index contributed by atoms with van der Waals surface area (Å²) in [6, 6.07) is 6.80. The first-order chi connectivity index (χ1) is 11.0. The highest BCUT2D eigenvalue weighted by Gasteiger charge is 2.51. The molecule has 4 atom stereocenters. The summed E-state index contributed by atoms with van der Waals surface area (Å²) < 4.78 is 0. The zero-order valence-electron chi connectivity index (χ0n) is 12.7. The first-order valence-electron chi connectivity index (χ1n) is 7.55.